The summed E-state index contributed by atoms with van der Waals surface area (Å²) in [7, 11) is 0. The highest BCUT2D eigenvalue weighted by Gasteiger charge is 2.43. The van der Waals surface area contributed by atoms with Crippen LogP contribution < -0.4 is 14.4 Å². The maximum atomic E-state index is 13.7. The van der Waals surface area contributed by atoms with E-state index in [-0.39, 0.29) is 11.8 Å². The van der Waals surface area contributed by atoms with Crippen LogP contribution in [0.15, 0.2) is 54.2 Å². The Labute approximate surface area is 195 Å². The van der Waals surface area contributed by atoms with Crippen molar-refractivity contribution in [3.05, 3.63) is 59.8 Å². The first-order valence-electron chi connectivity index (χ1n) is 11.9. The van der Waals surface area contributed by atoms with E-state index in [9.17, 15) is 9.59 Å². The number of hydrogen-bond donors (Lipinski definition) is 0. The molecule has 0 aliphatic carbocycles. The van der Waals surface area contributed by atoms with Crippen molar-refractivity contribution in [2.24, 2.45) is 5.92 Å². The predicted octanol–water partition coefficient (Wildman–Crippen LogP) is 4.89. The second-order valence-electron chi connectivity index (χ2n) is 8.64. The van der Waals surface area contributed by atoms with Crippen LogP contribution in [0, 0.1) is 5.92 Å². The average Bonchev–Trinajstić information content (AvgIpc) is 3.09. The summed E-state index contributed by atoms with van der Waals surface area (Å²) >= 11 is 0. The van der Waals surface area contributed by atoms with E-state index in [1.807, 2.05) is 50.2 Å². The van der Waals surface area contributed by atoms with Crippen LogP contribution in [0.2, 0.25) is 0 Å². The van der Waals surface area contributed by atoms with Crippen molar-refractivity contribution in [1.29, 1.82) is 0 Å². The van der Waals surface area contributed by atoms with Crippen LogP contribution in [0.5, 0.6) is 11.5 Å². The van der Waals surface area contributed by atoms with Crippen LogP contribution in [0.1, 0.15) is 45.6 Å². The largest absolute Gasteiger partial charge is 0.494 e. The van der Waals surface area contributed by atoms with Gasteiger partial charge in [0, 0.05) is 19.2 Å². The molecule has 2 amide bonds. The van der Waals surface area contributed by atoms with Crippen LogP contribution in [0.25, 0.3) is 5.57 Å². The fourth-order valence-corrected chi connectivity index (χ4v) is 4.36. The fraction of sp³-hybridized carbons (Fsp3) is 0.407. The third-order valence-electron chi connectivity index (χ3n) is 6.16. The minimum Gasteiger partial charge on any atom is -0.494 e. The Balaban J connectivity index is 1.73. The molecule has 1 saturated heterocycles. The molecule has 0 aromatic heterocycles. The molecular weight excluding hydrogens is 416 g/mol. The van der Waals surface area contributed by atoms with Gasteiger partial charge in [0.15, 0.2) is 0 Å². The van der Waals surface area contributed by atoms with Gasteiger partial charge in [-0.1, -0.05) is 32.0 Å². The maximum Gasteiger partial charge on any atom is 0.282 e. The molecule has 1 fully saturated rings. The molecular formula is C27H32N2O4. The summed E-state index contributed by atoms with van der Waals surface area (Å²) in [4.78, 5) is 30.8. The lowest BCUT2D eigenvalue weighted by Crippen LogP contribution is -2.38. The third-order valence-corrected chi connectivity index (χ3v) is 6.16. The van der Waals surface area contributed by atoms with Gasteiger partial charge >= 0.3 is 0 Å². The van der Waals surface area contributed by atoms with Crippen LogP contribution >= 0.6 is 0 Å². The van der Waals surface area contributed by atoms with Crippen molar-refractivity contribution in [3.63, 3.8) is 0 Å². The van der Waals surface area contributed by atoms with Gasteiger partial charge in [0.25, 0.3) is 11.8 Å². The first-order valence-corrected chi connectivity index (χ1v) is 11.9. The molecule has 174 valence electrons. The SMILES string of the molecule is CCCOc1cccc(N2C(=O)C(c3ccc(OCC)cc3)=C(N3CCC(C)CC3)C2=O)c1. The number of rotatable bonds is 8. The van der Waals surface area contributed by atoms with Gasteiger partial charge in [-0.25, -0.2) is 4.90 Å². The molecule has 2 aromatic carbocycles. The van der Waals surface area contributed by atoms with E-state index in [0.717, 1.165) is 43.7 Å². The molecule has 0 radical (unpaired) electrons. The molecule has 2 aliphatic rings. The highest BCUT2D eigenvalue weighted by Crippen LogP contribution is 2.37. The number of likely N-dealkylation sites (tertiary alicyclic amines) is 1. The van der Waals surface area contributed by atoms with Crippen LogP contribution in [-0.2, 0) is 9.59 Å². The summed E-state index contributed by atoms with van der Waals surface area (Å²) in [5.41, 5.74) is 2.21. The van der Waals surface area contributed by atoms with E-state index in [1.54, 1.807) is 12.1 Å². The molecule has 0 unspecified atom stereocenters. The quantitative estimate of drug-likeness (QED) is 0.538. The smallest absolute Gasteiger partial charge is 0.282 e. The normalized spacial score (nSPS) is 17.2. The third kappa shape index (κ3) is 4.75. The number of amides is 2. The van der Waals surface area contributed by atoms with E-state index in [4.69, 9.17) is 9.47 Å². The summed E-state index contributed by atoms with van der Waals surface area (Å²) in [6, 6.07) is 14.6. The molecule has 2 aliphatic heterocycles. The Morgan fingerprint density at radius 3 is 2.30 bits per heavy atom. The lowest BCUT2D eigenvalue weighted by atomic mass is 9.97. The highest BCUT2D eigenvalue weighted by atomic mass is 16.5. The Morgan fingerprint density at radius 1 is 0.909 bits per heavy atom. The Morgan fingerprint density at radius 2 is 1.64 bits per heavy atom. The van der Waals surface area contributed by atoms with Gasteiger partial charge in [0.05, 0.1) is 24.5 Å². The van der Waals surface area contributed by atoms with Gasteiger partial charge in [-0.3, -0.25) is 9.59 Å². The first-order chi connectivity index (χ1) is 16.0. The molecule has 0 saturated carbocycles. The number of benzene rings is 2. The Bertz CT molecular complexity index is 1040. The lowest BCUT2D eigenvalue weighted by Gasteiger charge is -2.32. The second kappa shape index (κ2) is 10.1. The summed E-state index contributed by atoms with van der Waals surface area (Å²) in [6.07, 6.45) is 2.89. The number of nitrogens with zero attached hydrogens (tertiary/aromatic N) is 2. The van der Waals surface area contributed by atoms with Crippen molar-refractivity contribution in [3.8, 4) is 11.5 Å². The summed E-state index contributed by atoms with van der Waals surface area (Å²) in [5, 5.41) is 0. The molecule has 0 bridgehead atoms. The van der Waals surface area contributed by atoms with Crippen molar-refractivity contribution in [2.75, 3.05) is 31.2 Å². The zero-order valence-electron chi connectivity index (χ0n) is 19.7. The molecule has 0 spiro atoms. The highest BCUT2D eigenvalue weighted by molar-refractivity contribution is 6.45. The zero-order chi connectivity index (χ0) is 23.4. The first kappa shape index (κ1) is 22.9. The van der Waals surface area contributed by atoms with Gasteiger partial charge in [0.2, 0.25) is 0 Å². The van der Waals surface area contributed by atoms with E-state index >= 15 is 0 Å². The van der Waals surface area contributed by atoms with Crippen molar-refractivity contribution in [1.82, 2.24) is 4.90 Å². The summed E-state index contributed by atoms with van der Waals surface area (Å²) in [5.74, 6) is 1.44. The molecule has 2 aromatic rings. The number of piperidine rings is 1. The van der Waals surface area contributed by atoms with Gasteiger partial charge in [-0.05, 0) is 61.9 Å². The molecule has 33 heavy (non-hydrogen) atoms. The number of carbonyl (C=O) groups is 2. The van der Waals surface area contributed by atoms with Gasteiger partial charge < -0.3 is 14.4 Å². The van der Waals surface area contributed by atoms with Crippen LogP contribution in [0.4, 0.5) is 5.69 Å². The Kier molecular flexibility index (Phi) is 7.02. The van der Waals surface area contributed by atoms with E-state index in [1.165, 1.54) is 4.90 Å². The zero-order valence-corrected chi connectivity index (χ0v) is 19.7. The minimum atomic E-state index is -0.301. The van der Waals surface area contributed by atoms with E-state index in [2.05, 4.69) is 11.8 Å². The van der Waals surface area contributed by atoms with Crippen LogP contribution in [-0.4, -0.2) is 43.0 Å². The molecule has 2 heterocycles. The molecule has 0 atom stereocenters. The standard InChI is InChI=1S/C27H32N2O4/c1-4-17-33-23-8-6-7-21(18-23)29-26(30)24(20-9-11-22(12-10-20)32-5-2)25(27(29)31)28-15-13-19(3)14-16-28/h6-12,18-19H,4-5,13-17H2,1-3H3. The monoisotopic (exact) mass is 448 g/mol. The molecule has 6 nitrogen and oxygen atoms in total. The lowest BCUT2D eigenvalue weighted by molar-refractivity contribution is -0.120. The van der Waals surface area contributed by atoms with E-state index in [0.29, 0.717) is 41.8 Å². The van der Waals surface area contributed by atoms with E-state index < -0.39 is 0 Å². The number of ether oxygens (including phenoxy) is 2. The van der Waals surface area contributed by atoms with Gasteiger partial charge in [-0.15, -0.1) is 0 Å². The number of hydrogen-bond acceptors (Lipinski definition) is 5. The maximum absolute atomic E-state index is 13.7. The topological polar surface area (TPSA) is 59.1 Å². The second-order valence-corrected chi connectivity index (χ2v) is 8.64. The number of imide groups is 1. The predicted molar refractivity (Wildman–Crippen MR) is 129 cm³/mol. The number of anilines is 1. The summed E-state index contributed by atoms with van der Waals surface area (Å²) in [6.45, 7) is 8.89. The average molecular weight is 449 g/mol. The molecule has 0 N–H and O–H groups in total. The van der Waals surface area contributed by atoms with Gasteiger partial charge in [0.1, 0.15) is 17.2 Å². The minimum absolute atomic E-state index is 0.272. The molecule has 6 heteroatoms. The van der Waals surface area contributed by atoms with Crippen molar-refractivity contribution < 1.29 is 19.1 Å². The molecule has 4 rings (SSSR count). The fourth-order valence-electron chi connectivity index (χ4n) is 4.36. The Hall–Kier alpha value is -3.28. The van der Waals surface area contributed by atoms with Gasteiger partial charge in [-0.2, -0.15) is 0 Å². The number of carbonyl (C=O) groups excluding carboxylic acids is 2. The van der Waals surface area contributed by atoms with Crippen molar-refractivity contribution >= 4 is 23.1 Å². The van der Waals surface area contributed by atoms with Crippen LogP contribution in [0.3, 0.4) is 0 Å². The van der Waals surface area contributed by atoms with Crippen molar-refractivity contribution in [2.45, 2.75) is 40.0 Å². The summed E-state index contributed by atoms with van der Waals surface area (Å²) < 4.78 is 11.3.